The molecular formula is C16H17N3. The topological polar surface area (TPSA) is 41.6 Å². The minimum atomic E-state index is 0.626. The third-order valence-electron chi connectivity index (χ3n) is 3.13. The van der Waals surface area contributed by atoms with Gasteiger partial charge in [0, 0.05) is 6.20 Å². The third-order valence-corrected chi connectivity index (χ3v) is 3.13. The molecule has 2 aromatic heterocycles. The average molecular weight is 251 g/mol. The monoisotopic (exact) mass is 251 g/mol. The number of fused-ring (bicyclic) bond motifs is 1. The van der Waals surface area contributed by atoms with Crippen LogP contribution in [0.25, 0.3) is 22.6 Å². The lowest BCUT2D eigenvalue weighted by Gasteiger charge is -2.04. The Hall–Kier alpha value is -2.16. The molecule has 0 amide bonds. The maximum atomic E-state index is 4.72. The summed E-state index contributed by atoms with van der Waals surface area (Å²) in [6, 6.07) is 12.2. The Bertz CT molecular complexity index is 684. The molecule has 0 spiro atoms. The van der Waals surface area contributed by atoms with E-state index in [1.165, 1.54) is 5.56 Å². The Morgan fingerprint density at radius 1 is 1.11 bits per heavy atom. The molecule has 0 aliphatic carbocycles. The predicted octanol–water partition coefficient (Wildman–Crippen LogP) is 3.82. The van der Waals surface area contributed by atoms with Gasteiger partial charge in [-0.15, -0.1) is 0 Å². The number of pyridine rings is 1. The van der Waals surface area contributed by atoms with Crippen LogP contribution in [0.1, 0.15) is 19.4 Å². The van der Waals surface area contributed by atoms with Crippen molar-refractivity contribution in [2.45, 2.75) is 20.3 Å². The van der Waals surface area contributed by atoms with Gasteiger partial charge in [-0.05, 0) is 36.1 Å². The molecule has 0 fully saturated rings. The summed E-state index contributed by atoms with van der Waals surface area (Å²) in [5.41, 5.74) is 4.33. The van der Waals surface area contributed by atoms with Crippen LogP contribution in [0.3, 0.4) is 0 Å². The van der Waals surface area contributed by atoms with Crippen LogP contribution < -0.4 is 0 Å². The molecule has 0 radical (unpaired) electrons. The van der Waals surface area contributed by atoms with Gasteiger partial charge >= 0.3 is 0 Å². The first-order valence-electron chi connectivity index (χ1n) is 6.63. The molecule has 3 heteroatoms. The van der Waals surface area contributed by atoms with E-state index in [4.69, 9.17) is 4.98 Å². The van der Waals surface area contributed by atoms with E-state index >= 15 is 0 Å². The first-order valence-corrected chi connectivity index (χ1v) is 6.63. The van der Waals surface area contributed by atoms with Gasteiger partial charge < -0.3 is 4.98 Å². The second-order valence-electron chi connectivity index (χ2n) is 5.21. The SMILES string of the molecule is CC(C)Cc1cccc2[nH]c(-c3ccccn3)nc12. The number of rotatable bonds is 3. The molecule has 1 N–H and O–H groups in total. The standard InChI is InChI=1S/C16H17N3/c1-11(2)10-12-6-5-8-13-15(12)19-16(18-13)14-7-3-4-9-17-14/h3-9,11H,10H2,1-2H3,(H,18,19). The maximum Gasteiger partial charge on any atom is 0.157 e. The van der Waals surface area contributed by atoms with E-state index in [1.807, 2.05) is 18.2 Å². The smallest absolute Gasteiger partial charge is 0.157 e. The molecule has 0 aliphatic heterocycles. The van der Waals surface area contributed by atoms with Crippen molar-refractivity contribution in [3.05, 3.63) is 48.2 Å². The molecule has 19 heavy (non-hydrogen) atoms. The lowest BCUT2D eigenvalue weighted by atomic mass is 10.0. The number of hydrogen-bond acceptors (Lipinski definition) is 2. The molecule has 0 unspecified atom stereocenters. The zero-order chi connectivity index (χ0) is 13.2. The number of para-hydroxylation sites is 1. The van der Waals surface area contributed by atoms with Gasteiger partial charge in [0.05, 0.1) is 11.0 Å². The molecule has 96 valence electrons. The molecule has 3 aromatic rings. The average Bonchev–Trinajstić information content (AvgIpc) is 2.84. The zero-order valence-electron chi connectivity index (χ0n) is 11.2. The molecule has 0 saturated heterocycles. The van der Waals surface area contributed by atoms with E-state index < -0.39 is 0 Å². The fraction of sp³-hybridized carbons (Fsp3) is 0.250. The van der Waals surface area contributed by atoms with Gasteiger partial charge in [0.1, 0.15) is 5.69 Å². The summed E-state index contributed by atoms with van der Waals surface area (Å²) in [6.45, 7) is 4.45. The highest BCUT2D eigenvalue weighted by atomic mass is 14.9. The third kappa shape index (κ3) is 2.36. The Balaban J connectivity index is 2.11. The van der Waals surface area contributed by atoms with Crippen LogP contribution in [0.2, 0.25) is 0 Å². The molecule has 1 aromatic carbocycles. The van der Waals surface area contributed by atoms with Gasteiger partial charge in [0.2, 0.25) is 0 Å². The van der Waals surface area contributed by atoms with Gasteiger partial charge in [0.15, 0.2) is 5.82 Å². The molecular weight excluding hydrogens is 234 g/mol. The van der Waals surface area contributed by atoms with Crippen LogP contribution in [-0.4, -0.2) is 15.0 Å². The molecule has 0 aliphatic rings. The number of aromatic amines is 1. The summed E-state index contributed by atoms with van der Waals surface area (Å²) in [7, 11) is 0. The van der Waals surface area contributed by atoms with Gasteiger partial charge in [-0.2, -0.15) is 0 Å². The second-order valence-corrected chi connectivity index (χ2v) is 5.21. The van der Waals surface area contributed by atoms with Crippen molar-refractivity contribution in [1.29, 1.82) is 0 Å². The van der Waals surface area contributed by atoms with E-state index in [0.29, 0.717) is 5.92 Å². The molecule has 0 atom stereocenters. The van der Waals surface area contributed by atoms with Crippen molar-refractivity contribution in [3.63, 3.8) is 0 Å². The summed E-state index contributed by atoms with van der Waals surface area (Å²) >= 11 is 0. The summed E-state index contributed by atoms with van der Waals surface area (Å²) in [4.78, 5) is 12.4. The lowest BCUT2D eigenvalue weighted by Crippen LogP contribution is -1.94. The highest BCUT2D eigenvalue weighted by molar-refractivity contribution is 5.81. The van der Waals surface area contributed by atoms with E-state index in [-0.39, 0.29) is 0 Å². The molecule has 3 rings (SSSR count). The van der Waals surface area contributed by atoms with Gasteiger partial charge in [-0.25, -0.2) is 4.98 Å². The van der Waals surface area contributed by atoms with Gasteiger partial charge in [-0.1, -0.05) is 32.0 Å². The number of benzene rings is 1. The van der Waals surface area contributed by atoms with E-state index in [2.05, 4.69) is 42.0 Å². The number of nitrogens with zero attached hydrogens (tertiary/aromatic N) is 2. The maximum absolute atomic E-state index is 4.72. The molecule has 0 bridgehead atoms. The van der Waals surface area contributed by atoms with Crippen LogP contribution in [0.4, 0.5) is 0 Å². The fourth-order valence-electron chi connectivity index (χ4n) is 2.32. The van der Waals surface area contributed by atoms with Crippen LogP contribution in [0.5, 0.6) is 0 Å². The van der Waals surface area contributed by atoms with E-state index in [0.717, 1.165) is 29.0 Å². The Kier molecular flexibility index (Phi) is 3.03. The summed E-state index contributed by atoms with van der Waals surface area (Å²) < 4.78 is 0. The van der Waals surface area contributed by atoms with Crippen LogP contribution in [0, 0.1) is 5.92 Å². The number of nitrogens with one attached hydrogen (secondary N) is 1. The zero-order valence-corrected chi connectivity index (χ0v) is 11.2. The first kappa shape index (κ1) is 11.9. The first-order chi connectivity index (χ1) is 9.24. The summed E-state index contributed by atoms with van der Waals surface area (Å²) in [6.07, 6.45) is 2.83. The van der Waals surface area contributed by atoms with Crippen LogP contribution >= 0.6 is 0 Å². The van der Waals surface area contributed by atoms with Crippen molar-refractivity contribution >= 4 is 11.0 Å². The van der Waals surface area contributed by atoms with Crippen molar-refractivity contribution in [1.82, 2.24) is 15.0 Å². The normalized spacial score (nSPS) is 11.3. The second kappa shape index (κ2) is 4.84. The predicted molar refractivity (Wildman–Crippen MR) is 77.9 cm³/mol. The van der Waals surface area contributed by atoms with E-state index in [1.54, 1.807) is 6.20 Å². The lowest BCUT2D eigenvalue weighted by molar-refractivity contribution is 0.649. The summed E-state index contributed by atoms with van der Waals surface area (Å²) in [5, 5.41) is 0. The molecule has 3 nitrogen and oxygen atoms in total. The highest BCUT2D eigenvalue weighted by Crippen LogP contribution is 2.23. The Labute approximate surface area is 112 Å². The minimum Gasteiger partial charge on any atom is -0.337 e. The number of hydrogen-bond donors (Lipinski definition) is 1. The number of aromatic nitrogens is 3. The summed E-state index contributed by atoms with van der Waals surface area (Å²) in [5.74, 6) is 1.47. The fourth-order valence-corrected chi connectivity index (χ4v) is 2.32. The largest absolute Gasteiger partial charge is 0.337 e. The molecule has 0 saturated carbocycles. The quantitative estimate of drug-likeness (QED) is 0.768. The van der Waals surface area contributed by atoms with Gasteiger partial charge in [0.25, 0.3) is 0 Å². The minimum absolute atomic E-state index is 0.626. The number of H-pyrrole nitrogens is 1. The molecule has 2 heterocycles. The van der Waals surface area contributed by atoms with Crippen molar-refractivity contribution in [2.24, 2.45) is 5.92 Å². The van der Waals surface area contributed by atoms with Gasteiger partial charge in [-0.3, -0.25) is 4.98 Å². The van der Waals surface area contributed by atoms with Crippen molar-refractivity contribution in [2.75, 3.05) is 0 Å². The number of imidazole rings is 1. The highest BCUT2D eigenvalue weighted by Gasteiger charge is 2.10. The van der Waals surface area contributed by atoms with Crippen molar-refractivity contribution < 1.29 is 0 Å². The van der Waals surface area contributed by atoms with Crippen LogP contribution in [0.15, 0.2) is 42.6 Å². The Morgan fingerprint density at radius 3 is 2.74 bits per heavy atom. The van der Waals surface area contributed by atoms with Crippen molar-refractivity contribution in [3.8, 4) is 11.5 Å². The van der Waals surface area contributed by atoms with E-state index in [9.17, 15) is 0 Å². The van der Waals surface area contributed by atoms with Crippen LogP contribution in [-0.2, 0) is 6.42 Å². The Morgan fingerprint density at radius 2 is 2.00 bits per heavy atom.